The molecule has 1 atom stereocenters. The summed E-state index contributed by atoms with van der Waals surface area (Å²) in [6.07, 6.45) is 7.88. The molecule has 1 fully saturated rings. The summed E-state index contributed by atoms with van der Waals surface area (Å²) < 4.78 is 1.92. The number of carbonyl (C=O) groups excluding carboxylic acids is 1. The van der Waals surface area contributed by atoms with Gasteiger partial charge in [0.25, 0.3) is 0 Å². The van der Waals surface area contributed by atoms with Gasteiger partial charge in [-0.2, -0.15) is 5.10 Å². The van der Waals surface area contributed by atoms with Crippen molar-refractivity contribution in [3.8, 4) is 0 Å². The minimum absolute atomic E-state index is 0.0965. The third-order valence-electron chi connectivity index (χ3n) is 5.21. The van der Waals surface area contributed by atoms with Crippen LogP contribution >= 0.6 is 11.3 Å². The van der Waals surface area contributed by atoms with Crippen molar-refractivity contribution in [3.63, 3.8) is 0 Å². The van der Waals surface area contributed by atoms with Crippen LogP contribution in [0.1, 0.15) is 42.3 Å². The van der Waals surface area contributed by atoms with E-state index in [-0.39, 0.29) is 11.9 Å². The van der Waals surface area contributed by atoms with Gasteiger partial charge < -0.3 is 5.32 Å². The lowest BCUT2D eigenvalue weighted by atomic mass is 10.1. The van der Waals surface area contributed by atoms with Crippen molar-refractivity contribution in [1.82, 2.24) is 20.0 Å². The summed E-state index contributed by atoms with van der Waals surface area (Å²) in [6.45, 7) is 2.39. The van der Waals surface area contributed by atoms with Gasteiger partial charge in [-0.15, -0.1) is 11.3 Å². The van der Waals surface area contributed by atoms with Crippen molar-refractivity contribution >= 4 is 17.2 Å². The number of amides is 1. The smallest absolute Gasteiger partial charge is 0.246 e. The van der Waals surface area contributed by atoms with Gasteiger partial charge >= 0.3 is 0 Å². The summed E-state index contributed by atoms with van der Waals surface area (Å²) in [7, 11) is 0. The Bertz CT molecular complexity index is 675. The van der Waals surface area contributed by atoms with E-state index in [1.54, 1.807) is 11.3 Å². The number of hydrogen-bond donors (Lipinski definition) is 1. The molecule has 24 heavy (non-hydrogen) atoms. The minimum atomic E-state index is -0.201. The average Bonchev–Trinajstić information content (AvgIpc) is 3.34. The summed E-state index contributed by atoms with van der Waals surface area (Å²) in [5.41, 5.74) is 1.16. The first-order valence-corrected chi connectivity index (χ1v) is 9.76. The fourth-order valence-corrected chi connectivity index (χ4v) is 4.65. The fraction of sp³-hybridized carbons (Fsp3) is 0.556. The largest absolute Gasteiger partial charge is 0.354 e. The number of nitrogens with zero attached hydrogens (tertiary/aromatic N) is 3. The van der Waals surface area contributed by atoms with E-state index in [0.717, 1.165) is 25.2 Å². The van der Waals surface area contributed by atoms with Gasteiger partial charge in [0, 0.05) is 36.8 Å². The van der Waals surface area contributed by atoms with Crippen LogP contribution < -0.4 is 5.32 Å². The Labute approximate surface area is 146 Å². The molecule has 1 aliphatic heterocycles. The molecule has 0 radical (unpaired) electrons. The highest BCUT2D eigenvalue weighted by molar-refractivity contribution is 7.09. The molecule has 2 aromatic heterocycles. The van der Waals surface area contributed by atoms with Crippen molar-refractivity contribution < 1.29 is 4.79 Å². The SMILES string of the molecule is O=C(NCCc1cccs1)[C@@H]1CN(C2CCCC2)Cc2ccnn21. The van der Waals surface area contributed by atoms with Gasteiger partial charge in [-0.1, -0.05) is 18.9 Å². The molecule has 1 saturated carbocycles. The van der Waals surface area contributed by atoms with Crippen LogP contribution in [0.2, 0.25) is 0 Å². The van der Waals surface area contributed by atoms with Gasteiger partial charge in [-0.3, -0.25) is 14.4 Å². The van der Waals surface area contributed by atoms with Gasteiger partial charge in [-0.25, -0.2) is 0 Å². The Balaban J connectivity index is 1.41. The maximum atomic E-state index is 12.8. The number of fused-ring (bicyclic) bond motifs is 1. The van der Waals surface area contributed by atoms with E-state index in [2.05, 4.69) is 32.8 Å². The van der Waals surface area contributed by atoms with Gasteiger partial charge in [0.15, 0.2) is 0 Å². The van der Waals surface area contributed by atoms with E-state index in [1.807, 2.05) is 16.9 Å². The summed E-state index contributed by atoms with van der Waals surface area (Å²) in [6, 6.07) is 6.65. The highest BCUT2D eigenvalue weighted by Gasteiger charge is 2.34. The van der Waals surface area contributed by atoms with E-state index in [0.29, 0.717) is 12.6 Å². The zero-order chi connectivity index (χ0) is 16.4. The molecule has 5 nitrogen and oxygen atoms in total. The van der Waals surface area contributed by atoms with Crippen LogP contribution in [0.4, 0.5) is 0 Å². The van der Waals surface area contributed by atoms with E-state index in [4.69, 9.17) is 0 Å². The molecular weight excluding hydrogens is 320 g/mol. The monoisotopic (exact) mass is 344 g/mol. The van der Waals surface area contributed by atoms with Gasteiger partial charge in [0.2, 0.25) is 5.91 Å². The van der Waals surface area contributed by atoms with Crippen molar-refractivity contribution in [2.45, 2.75) is 50.7 Å². The summed E-state index contributed by atoms with van der Waals surface area (Å²) in [4.78, 5) is 16.6. The van der Waals surface area contributed by atoms with Crippen LogP contribution in [0.3, 0.4) is 0 Å². The summed E-state index contributed by atoms with van der Waals surface area (Å²) in [5, 5.41) is 9.60. The topological polar surface area (TPSA) is 50.2 Å². The lowest BCUT2D eigenvalue weighted by Gasteiger charge is -2.36. The molecule has 0 unspecified atom stereocenters. The minimum Gasteiger partial charge on any atom is -0.354 e. The molecule has 0 bridgehead atoms. The van der Waals surface area contributed by atoms with E-state index in [1.165, 1.54) is 30.6 Å². The first-order valence-electron chi connectivity index (χ1n) is 8.88. The van der Waals surface area contributed by atoms with Crippen LogP contribution in [-0.2, 0) is 17.8 Å². The number of hydrogen-bond acceptors (Lipinski definition) is 4. The number of aromatic nitrogens is 2. The first kappa shape index (κ1) is 15.8. The normalized spacial score (nSPS) is 21.8. The van der Waals surface area contributed by atoms with Gasteiger partial charge in [0.1, 0.15) is 6.04 Å². The molecule has 2 aliphatic rings. The molecular formula is C18H24N4OS. The molecule has 0 saturated heterocycles. The van der Waals surface area contributed by atoms with E-state index >= 15 is 0 Å². The second-order valence-electron chi connectivity index (χ2n) is 6.77. The molecule has 0 aromatic carbocycles. The highest BCUT2D eigenvalue weighted by atomic mass is 32.1. The lowest BCUT2D eigenvalue weighted by Crippen LogP contribution is -2.48. The molecule has 3 heterocycles. The van der Waals surface area contributed by atoms with Gasteiger partial charge in [-0.05, 0) is 36.8 Å². The maximum Gasteiger partial charge on any atom is 0.246 e. The quantitative estimate of drug-likeness (QED) is 0.907. The number of nitrogens with one attached hydrogen (secondary N) is 1. The molecule has 2 aromatic rings. The molecule has 4 rings (SSSR count). The van der Waals surface area contributed by atoms with Crippen LogP contribution in [0.5, 0.6) is 0 Å². The predicted molar refractivity (Wildman–Crippen MR) is 95.0 cm³/mol. The molecule has 1 aliphatic carbocycles. The second-order valence-corrected chi connectivity index (χ2v) is 7.80. The Morgan fingerprint density at radius 2 is 2.21 bits per heavy atom. The third kappa shape index (κ3) is 3.26. The van der Waals surface area contributed by atoms with Crippen molar-refractivity contribution in [1.29, 1.82) is 0 Å². The third-order valence-corrected chi connectivity index (χ3v) is 6.15. The van der Waals surface area contributed by atoms with Gasteiger partial charge in [0.05, 0.1) is 5.69 Å². The summed E-state index contributed by atoms with van der Waals surface area (Å²) >= 11 is 1.74. The Kier molecular flexibility index (Phi) is 4.67. The van der Waals surface area contributed by atoms with Crippen LogP contribution in [0.15, 0.2) is 29.8 Å². The molecule has 1 N–H and O–H groups in total. The Hall–Kier alpha value is -1.66. The number of thiophene rings is 1. The highest BCUT2D eigenvalue weighted by Crippen LogP contribution is 2.29. The second kappa shape index (κ2) is 7.07. The molecule has 6 heteroatoms. The lowest BCUT2D eigenvalue weighted by molar-refractivity contribution is -0.126. The molecule has 1 amide bonds. The zero-order valence-electron chi connectivity index (χ0n) is 13.9. The van der Waals surface area contributed by atoms with Crippen LogP contribution in [0.25, 0.3) is 0 Å². The standard InChI is InChI=1S/C18H24N4OS/c23-18(19-9-8-16-6-3-11-24-16)17-13-21(14-4-1-2-5-14)12-15-7-10-20-22(15)17/h3,6-7,10-11,14,17H,1-2,4-5,8-9,12-13H2,(H,19,23)/t17-/m0/s1. The van der Waals surface area contributed by atoms with E-state index in [9.17, 15) is 4.79 Å². The molecule has 0 spiro atoms. The van der Waals surface area contributed by atoms with Crippen LogP contribution in [-0.4, -0.2) is 39.7 Å². The average molecular weight is 344 g/mol. The number of rotatable bonds is 5. The van der Waals surface area contributed by atoms with Crippen molar-refractivity contribution in [3.05, 3.63) is 40.3 Å². The summed E-state index contributed by atoms with van der Waals surface area (Å²) in [5.74, 6) is 0.0965. The van der Waals surface area contributed by atoms with Crippen molar-refractivity contribution in [2.75, 3.05) is 13.1 Å². The van der Waals surface area contributed by atoms with Crippen LogP contribution in [0, 0.1) is 0 Å². The fourth-order valence-electron chi connectivity index (χ4n) is 3.94. The number of carbonyl (C=O) groups is 1. The Morgan fingerprint density at radius 1 is 1.33 bits per heavy atom. The zero-order valence-corrected chi connectivity index (χ0v) is 14.7. The van der Waals surface area contributed by atoms with Crippen molar-refractivity contribution in [2.24, 2.45) is 0 Å². The predicted octanol–water partition coefficient (Wildman–Crippen LogP) is 2.60. The first-order chi connectivity index (χ1) is 11.8. The molecule has 128 valence electrons. The van der Waals surface area contributed by atoms with E-state index < -0.39 is 0 Å². The Morgan fingerprint density at radius 3 is 3.00 bits per heavy atom. The maximum absolute atomic E-state index is 12.8.